The Kier molecular flexibility index (Phi) is 3.18. The van der Waals surface area contributed by atoms with E-state index >= 15 is 0 Å². The minimum atomic E-state index is 0.599. The molecule has 1 aromatic carbocycles. The molecule has 0 spiro atoms. The van der Waals surface area contributed by atoms with Crippen LogP contribution in [0.25, 0.3) is 11.3 Å². The fourth-order valence-corrected chi connectivity index (χ4v) is 1.86. The van der Waals surface area contributed by atoms with E-state index in [0.717, 1.165) is 29.1 Å². The zero-order chi connectivity index (χ0) is 12.4. The first-order valence-corrected chi connectivity index (χ1v) is 6.04. The summed E-state index contributed by atoms with van der Waals surface area (Å²) < 4.78 is 0. The molecule has 1 aromatic heterocycles. The van der Waals surface area contributed by atoms with E-state index in [-0.39, 0.29) is 0 Å². The number of H-pyrrole nitrogens is 1. The molecule has 0 aliphatic rings. The topological polar surface area (TPSA) is 54.7 Å². The predicted octanol–water partition coefficient (Wildman–Crippen LogP) is 3.48. The Labute approximate surface area is 102 Å². The second kappa shape index (κ2) is 4.62. The fourth-order valence-electron chi connectivity index (χ4n) is 1.86. The molecule has 3 nitrogen and oxygen atoms in total. The van der Waals surface area contributed by atoms with Crippen molar-refractivity contribution in [3.63, 3.8) is 0 Å². The summed E-state index contributed by atoms with van der Waals surface area (Å²) in [6.07, 6.45) is 1.16. The second-order valence-corrected chi connectivity index (χ2v) is 4.54. The summed E-state index contributed by atoms with van der Waals surface area (Å²) >= 11 is 0. The lowest BCUT2D eigenvalue weighted by molar-refractivity contribution is 0.734. The van der Waals surface area contributed by atoms with E-state index in [1.165, 1.54) is 5.56 Å². The Morgan fingerprint density at radius 1 is 1.29 bits per heavy atom. The molecule has 0 fully saturated rings. The van der Waals surface area contributed by atoms with Crippen LogP contribution in [0, 0.1) is 6.92 Å². The number of benzene rings is 1. The summed E-state index contributed by atoms with van der Waals surface area (Å²) in [6.45, 7) is 6.37. The van der Waals surface area contributed by atoms with Gasteiger partial charge in [0.25, 0.3) is 0 Å². The van der Waals surface area contributed by atoms with E-state index in [0.29, 0.717) is 5.92 Å². The summed E-state index contributed by atoms with van der Waals surface area (Å²) in [6, 6.07) is 8.50. The monoisotopic (exact) mass is 229 g/mol. The van der Waals surface area contributed by atoms with Crippen LogP contribution in [0.15, 0.2) is 24.3 Å². The van der Waals surface area contributed by atoms with Crippen molar-refractivity contribution >= 4 is 5.69 Å². The van der Waals surface area contributed by atoms with Gasteiger partial charge in [-0.3, -0.25) is 5.10 Å². The molecule has 1 atom stereocenters. The number of nitrogen functional groups attached to an aromatic ring is 1. The molecule has 17 heavy (non-hydrogen) atoms. The molecule has 0 amide bonds. The average Bonchev–Trinajstić information content (AvgIpc) is 2.69. The van der Waals surface area contributed by atoms with Crippen molar-refractivity contribution in [3.8, 4) is 11.3 Å². The van der Waals surface area contributed by atoms with Gasteiger partial charge >= 0.3 is 0 Å². The summed E-state index contributed by atoms with van der Waals surface area (Å²) in [5, 5.41) is 7.14. The number of rotatable bonds is 3. The molecular formula is C14H19N3. The number of anilines is 1. The maximum Gasteiger partial charge on any atom is 0.115 e. The smallest absolute Gasteiger partial charge is 0.115 e. The van der Waals surface area contributed by atoms with Gasteiger partial charge in [0.05, 0.1) is 11.4 Å². The predicted molar refractivity (Wildman–Crippen MR) is 71.9 cm³/mol. The maximum absolute atomic E-state index is 5.96. The first-order chi connectivity index (χ1) is 8.13. The highest BCUT2D eigenvalue weighted by atomic mass is 15.1. The van der Waals surface area contributed by atoms with E-state index in [4.69, 9.17) is 5.73 Å². The number of nitrogens with zero attached hydrogens (tertiary/aromatic N) is 1. The Balaban J connectivity index is 2.32. The van der Waals surface area contributed by atoms with Crippen molar-refractivity contribution < 1.29 is 0 Å². The van der Waals surface area contributed by atoms with Crippen LogP contribution in [0.4, 0.5) is 5.69 Å². The molecule has 90 valence electrons. The van der Waals surface area contributed by atoms with Crippen molar-refractivity contribution in [1.29, 1.82) is 0 Å². The molecule has 2 rings (SSSR count). The van der Waals surface area contributed by atoms with Gasteiger partial charge < -0.3 is 5.73 Å². The zero-order valence-electron chi connectivity index (χ0n) is 10.6. The molecule has 1 heterocycles. The van der Waals surface area contributed by atoms with Crippen molar-refractivity contribution in [3.05, 3.63) is 35.5 Å². The molecule has 0 bridgehead atoms. The van der Waals surface area contributed by atoms with E-state index in [1.807, 2.05) is 6.92 Å². The van der Waals surface area contributed by atoms with Gasteiger partial charge in [0.1, 0.15) is 5.69 Å². The van der Waals surface area contributed by atoms with Crippen molar-refractivity contribution in [2.24, 2.45) is 0 Å². The van der Waals surface area contributed by atoms with Crippen molar-refractivity contribution in [2.45, 2.75) is 33.1 Å². The third kappa shape index (κ3) is 2.18. The Morgan fingerprint density at radius 3 is 2.41 bits per heavy atom. The van der Waals surface area contributed by atoms with Crippen LogP contribution in [0.2, 0.25) is 0 Å². The second-order valence-electron chi connectivity index (χ2n) is 4.54. The minimum Gasteiger partial charge on any atom is -0.395 e. The molecule has 0 aliphatic heterocycles. The normalized spacial score (nSPS) is 12.6. The number of nitrogens with one attached hydrogen (secondary N) is 1. The number of aryl methyl sites for hydroxylation is 1. The van der Waals surface area contributed by atoms with Gasteiger partial charge in [0.15, 0.2) is 0 Å². The van der Waals surface area contributed by atoms with Crippen molar-refractivity contribution in [1.82, 2.24) is 10.2 Å². The lowest BCUT2D eigenvalue weighted by Gasteiger charge is -2.09. The molecule has 0 aliphatic carbocycles. The highest BCUT2D eigenvalue weighted by molar-refractivity contribution is 5.74. The lowest BCUT2D eigenvalue weighted by atomic mass is 9.97. The molecule has 2 aromatic rings. The molecule has 0 saturated carbocycles. The molecule has 0 saturated heterocycles. The summed E-state index contributed by atoms with van der Waals surface area (Å²) in [4.78, 5) is 0. The number of aromatic nitrogens is 2. The van der Waals surface area contributed by atoms with Gasteiger partial charge in [-0.2, -0.15) is 5.10 Å². The third-order valence-electron chi connectivity index (χ3n) is 3.36. The SMILES string of the molecule is CCC(C)c1ccc(-c2n[nH]c(C)c2N)cc1. The van der Waals surface area contributed by atoms with Gasteiger partial charge in [-0.15, -0.1) is 0 Å². The highest BCUT2D eigenvalue weighted by Crippen LogP contribution is 2.27. The number of hydrogen-bond acceptors (Lipinski definition) is 2. The minimum absolute atomic E-state index is 0.599. The van der Waals surface area contributed by atoms with Crippen LogP contribution in [0.3, 0.4) is 0 Å². The quantitative estimate of drug-likeness (QED) is 0.846. The molecular weight excluding hydrogens is 210 g/mol. The fraction of sp³-hybridized carbons (Fsp3) is 0.357. The molecule has 1 unspecified atom stereocenters. The van der Waals surface area contributed by atoms with Gasteiger partial charge in [-0.1, -0.05) is 38.1 Å². The Hall–Kier alpha value is -1.77. The summed E-state index contributed by atoms with van der Waals surface area (Å²) in [7, 11) is 0. The molecule has 3 N–H and O–H groups in total. The first-order valence-electron chi connectivity index (χ1n) is 6.04. The van der Waals surface area contributed by atoms with Gasteiger partial charge in [-0.05, 0) is 24.8 Å². The average molecular weight is 229 g/mol. The molecule has 3 heteroatoms. The van der Waals surface area contributed by atoms with E-state index < -0.39 is 0 Å². The summed E-state index contributed by atoms with van der Waals surface area (Å²) in [5.74, 6) is 0.599. The highest BCUT2D eigenvalue weighted by Gasteiger charge is 2.09. The number of hydrogen-bond donors (Lipinski definition) is 2. The maximum atomic E-state index is 5.96. The lowest BCUT2D eigenvalue weighted by Crippen LogP contribution is -1.92. The van der Waals surface area contributed by atoms with Crippen LogP contribution in [0.1, 0.15) is 37.4 Å². The van der Waals surface area contributed by atoms with Crippen molar-refractivity contribution in [2.75, 3.05) is 5.73 Å². The largest absolute Gasteiger partial charge is 0.395 e. The van der Waals surface area contributed by atoms with Crippen LogP contribution in [0.5, 0.6) is 0 Å². The number of nitrogens with two attached hydrogens (primary N) is 1. The molecule has 0 radical (unpaired) electrons. The van der Waals surface area contributed by atoms with Gasteiger partial charge in [0.2, 0.25) is 0 Å². The summed E-state index contributed by atoms with van der Waals surface area (Å²) in [5.41, 5.74) is 10.9. The van der Waals surface area contributed by atoms with Gasteiger partial charge in [-0.25, -0.2) is 0 Å². The number of aromatic amines is 1. The standard InChI is InChI=1S/C14H19N3/c1-4-9(2)11-5-7-12(8-6-11)14-13(15)10(3)16-17-14/h5-9H,4,15H2,1-3H3,(H,16,17). The van der Waals surface area contributed by atoms with Crippen LogP contribution < -0.4 is 5.73 Å². The zero-order valence-corrected chi connectivity index (χ0v) is 10.6. The van der Waals surface area contributed by atoms with E-state index in [9.17, 15) is 0 Å². The van der Waals surface area contributed by atoms with Crippen LogP contribution >= 0.6 is 0 Å². The van der Waals surface area contributed by atoms with Crippen LogP contribution in [-0.2, 0) is 0 Å². The first kappa shape index (κ1) is 11.7. The Bertz CT molecular complexity index is 497. The van der Waals surface area contributed by atoms with E-state index in [1.54, 1.807) is 0 Å². The van der Waals surface area contributed by atoms with Crippen LogP contribution in [-0.4, -0.2) is 10.2 Å². The Morgan fingerprint density at radius 2 is 1.94 bits per heavy atom. The van der Waals surface area contributed by atoms with E-state index in [2.05, 4.69) is 48.3 Å². The van der Waals surface area contributed by atoms with Gasteiger partial charge in [0, 0.05) is 5.56 Å². The third-order valence-corrected chi connectivity index (χ3v) is 3.36.